The summed E-state index contributed by atoms with van der Waals surface area (Å²) in [6.07, 6.45) is 0. The Balaban J connectivity index is 2.31. The maximum absolute atomic E-state index is 12.5. The summed E-state index contributed by atoms with van der Waals surface area (Å²) < 4.78 is 5.90. The lowest BCUT2D eigenvalue weighted by Gasteiger charge is -2.29. The van der Waals surface area contributed by atoms with Crippen LogP contribution in [0.2, 0.25) is 0 Å². The van der Waals surface area contributed by atoms with Crippen molar-refractivity contribution in [3.63, 3.8) is 0 Å². The highest BCUT2D eigenvalue weighted by molar-refractivity contribution is 6.09. The van der Waals surface area contributed by atoms with Crippen LogP contribution < -0.4 is 5.43 Å². The highest BCUT2D eigenvalue weighted by atomic mass is 16.3. The van der Waals surface area contributed by atoms with Crippen molar-refractivity contribution in [2.24, 2.45) is 0 Å². The quantitative estimate of drug-likeness (QED) is 0.870. The zero-order valence-electron chi connectivity index (χ0n) is 13.6. The van der Waals surface area contributed by atoms with Crippen LogP contribution in [-0.2, 0) is 10.2 Å². The van der Waals surface area contributed by atoms with Gasteiger partial charge in [-0.25, -0.2) is 0 Å². The van der Waals surface area contributed by atoms with Crippen LogP contribution in [0, 0.1) is 6.92 Å². The number of ketones is 1. The third-order valence-corrected chi connectivity index (χ3v) is 4.35. The van der Waals surface area contributed by atoms with Gasteiger partial charge in [-0.15, -0.1) is 0 Å². The van der Waals surface area contributed by atoms with E-state index >= 15 is 0 Å². The van der Waals surface area contributed by atoms with E-state index in [1.54, 1.807) is 13.8 Å². The molecule has 0 amide bonds. The molecule has 1 heterocycles. The number of aliphatic hydroxyl groups is 1. The van der Waals surface area contributed by atoms with Gasteiger partial charge in [-0.3, -0.25) is 9.59 Å². The van der Waals surface area contributed by atoms with Crippen molar-refractivity contribution in [2.75, 3.05) is 0 Å². The Morgan fingerprint density at radius 3 is 2.26 bits per heavy atom. The number of hydrogen-bond acceptors (Lipinski definition) is 4. The predicted octanol–water partition coefficient (Wildman–Crippen LogP) is 3.76. The Kier molecular flexibility index (Phi) is 3.29. The van der Waals surface area contributed by atoms with Gasteiger partial charge in [-0.1, -0.05) is 29.8 Å². The lowest BCUT2D eigenvalue weighted by molar-refractivity contribution is -0.120. The van der Waals surface area contributed by atoms with Gasteiger partial charge in [0.1, 0.15) is 22.8 Å². The van der Waals surface area contributed by atoms with Gasteiger partial charge in [0, 0.05) is 17.2 Å². The van der Waals surface area contributed by atoms with Gasteiger partial charge in [-0.05, 0) is 27.7 Å². The average molecular weight is 310 g/mol. The van der Waals surface area contributed by atoms with E-state index in [0.717, 1.165) is 11.1 Å². The molecule has 0 radical (unpaired) electrons. The van der Waals surface area contributed by atoms with Crippen molar-refractivity contribution >= 4 is 11.5 Å². The van der Waals surface area contributed by atoms with Crippen molar-refractivity contribution in [1.29, 1.82) is 0 Å². The van der Waals surface area contributed by atoms with Crippen molar-refractivity contribution in [1.82, 2.24) is 0 Å². The topological polar surface area (TPSA) is 67.5 Å². The number of benzene rings is 1. The minimum absolute atomic E-state index is 0.0861. The summed E-state index contributed by atoms with van der Waals surface area (Å²) in [5.41, 5.74) is 0.788. The molecule has 0 bridgehead atoms. The molecule has 0 atom stereocenters. The summed E-state index contributed by atoms with van der Waals surface area (Å²) in [7, 11) is 0. The molecule has 0 aliphatic heterocycles. The number of carbonyl (C=O) groups excluding carboxylic acids is 1. The second-order valence-corrected chi connectivity index (χ2v) is 6.47. The second-order valence-electron chi connectivity index (χ2n) is 6.47. The molecule has 1 aromatic heterocycles. The third kappa shape index (κ3) is 2.22. The smallest absolute Gasteiger partial charge is 0.196 e. The molecule has 3 rings (SSSR count). The van der Waals surface area contributed by atoms with Crippen molar-refractivity contribution in [3.05, 3.63) is 63.0 Å². The Morgan fingerprint density at radius 1 is 1.04 bits per heavy atom. The molecule has 0 fully saturated rings. The third-order valence-electron chi connectivity index (χ3n) is 4.35. The normalized spacial score (nSPS) is 16.4. The largest absolute Gasteiger partial charge is 0.507 e. The molecular weight excluding hydrogens is 292 g/mol. The molecule has 2 aromatic rings. The standard InChI is InChI=1S/C19H18O4/c1-10-5-7-12(8-6-10)14-9-13(20)15-16(21)11(2)17(22)19(3,4)18(15)23-14/h5-9,21H,1-4H3. The number of fused-ring (bicyclic) bond motifs is 1. The van der Waals surface area contributed by atoms with E-state index in [0.29, 0.717) is 5.76 Å². The summed E-state index contributed by atoms with van der Waals surface area (Å²) in [4.78, 5) is 25.0. The molecule has 23 heavy (non-hydrogen) atoms. The fourth-order valence-electron chi connectivity index (χ4n) is 2.88. The van der Waals surface area contributed by atoms with E-state index in [1.807, 2.05) is 31.2 Å². The second kappa shape index (κ2) is 4.95. The van der Waals surface area contributed by atoms with E-state index < -0.39 is 5.41 Å². The molecule has 1 aliphatic rings. The van der Waals surface area contributed by atoms with Crippen LogP contribution in [0.3, 0.4) is 0 Å². The van der Waals surface area contributed by atoms with Crippen LogP contribution in [-0.4, -0.2) is 10.9 Å². The van der Waals surface area contributed by atoms with Gasteiger partial charge < -0.3 is 9.52 Å². The van der Waals surface area contributed by atoms with Gasteiger partial charge in [0.25, 0.3) is 0 Å². The highest BCUT2D eigenvalue weighted by Crippen LogP contribution is 2.39. The Labute approximate surface area is 134 Å². The molecule has 0 spiro atoms. The zero-order chi connectivity index (χ0) is 16.9. The molecule has 0 saturated heterocycles. The van der Waals surface area contributed by atoms with Crippen LogP contribution in [0.15, 0.2) is 45.1 Å². The number of rotatable bonds is 1. The number of allylic oxidation sites excluding steroid dienone is 1. The van der Waals surface area contributed by atoms with E-state index in [4.69, 9.17) is 4.42 Å². The summed E-state index contributed by atoms with van der Waals surface area (Å²) in [5.74, 6) is 0.0795. The first-order valence-electron chi connectivity index (χ1n) is 7.44. The first-order chi connectivity index (χ1) is 10.7. The molecule has 1 aliphatic carbocycles. The molecular formula is C19H18O4. The lowest BCUT2D eigenvalue weighted by Crippen LogP contribution is -2.37. The number of hydrogen-bond donors (Lipinski definition) is 1. The maximum atomic E-state index is 12.5. The van der Waals surface area contributed by atoms with Crippen molar-refractivity contribution in [2.45, 2.75) is 33.1 Å². The van der Waals surface area contributed by atoms with Crippen LogP contribution in [0.5, 0.6) is 0 Å². The Bertz CT molecular complexity index is 896. The fraction of sp³-hybridized carbons (Fsp3) is 0.263. The molecule has 4 nitrogen and oxygen atoms in total. The van der Waals surface area contributed by atoms with E-state index in [1.165, 1.54) is 13.0 Å². The maximum Gasteiger partial charge on any atom is 0.196 e. The summed E-state index contributed by atoms with van der Waals surface area (Å²) >= 11 is 0. The number of aliphatic hydroxyl groups excluding tert-OH is 1. The van der Waals surface area contributed by atoms with Gasteiger partial charge in [-0.2, -0.15) is 0 Å². The van der Waals surface area contributed by atoms with Gasteiger partial charge in [0.2, 0.25) is 0 Å². The van der Waals surface area contributed by atoms with Gasteiger partial charge in [0.15, 0.2) is 11.2 Å². The van der Waals surface area contributed by atoms with Crippen LogP contribution in [0.1, 0.15) is 37.7 Å². The van der Waals surface area contributed by atoms with Crippen LogP contribution in [0.4, 0.5) is 0 Å². The average Bonchev–Trinajstić information content (AvgIpc) is 2.51. The first-order valence-corrected chi connectivity index (χ1v) is 7.44. The fourth-order valence-corrected chi connectivity index (χ4v) is 2.88. The van der Waals surface area contributed by atoms with Gasteiger partial charge >= 0.3 is 0 Å². The SMILES string of the molecule is CC1=C(O)c2c(oc(-c3ccc(C)cc3)cc2=O)C(C)(C)C1=O. The number of aryl methyl sites for hydroxylation is 1. The van der Waals surface area contributed by atoms with Crippen LogP contribution >= 0.6 is 0 Å². The van der Waals surface area contributed by atoms with Crippen molar-refractivity contribution < 1.29 is 14.3 Å². The minimum Gasteiger partial charge on any atom is -0.507 e. The number of carbonyl (C=O) groups is 1. The zero-order valence-corrected chi connectivity index (χ0v) is 13.6. The van der Waals surface area contributed by atoms with E-state index in [-0.39, 0.29) is 33.9 Å². The molecule has 1 aromatic carbocycles. The lowest BCUT2D eigenvalue weighted by atomic mass is 9.75. The molecule has 0 unspecified atom stereocenters. The van der Waals surface area contributed by atoms with E-state index in [9.17, 15) is 14.7 Å². The Morgan fingerprint density at radius 2 is 1.65 bits per heavy atom. The molecule has 1 N–H and O–H groups in total. The van der Waals surface area contributed by atoms with Gasteiger partial charge in [0.05, 0.1) is 5.41 Å². The summed E-state index contributed by atoms with van der Waals surface area (Å²) in [5, 5.41) is 10.2. The van der Waals surface area contributed by atoms with Crippen molar-refractivity contribution in [3.8, 4) is 11.3 Å². The molecule has 4 heteroatoms. The minimum atomic E-state index is -0.995. The Hall–Kier alpha value is -2.62. The summed E-state index contributed by atoms with van der Waals surface area (Å²) in [6.45, 7) is 6.90. The first kappa shape index (κ1) is 15.3. The van der Waals surface area contributed by atoms with E-state index in [2.05, 4.69) is 0 Å². The molecule has 118 valence electrons. The molecule has 0 saturated carbocycles. The van der Waals surface area contributed by atoms with Crippen LogP contribution in [0.25, 0.3) is 17.1 Å². The number of Topliss-reactive ketones (excluding diaryl/α,β-unsaturated/α-hetero) is 1. The predicted molar refractivity (Wildman–Crippen MR) is 88.4 cm³/mol. The monoisotopic (exact) mass is 310 g/mol. The summed E-state index contributed by atoms with van der Waals surface area (Å²) in [6, 6.07) is 8.93. The highest BCUT2D eigenvalue weighted by Gasteiger charge is 2.43.